The Bertz CT molecular complexity index is 911. The van der Waals surface area contributed by atoms with E-state index in [0.717, 1.165) is 27.9 Å². The molecule has 0 spiro atoms. The van der Waals surface area contributed by atoms with Gasteiger partial charge in [0.15, 0.2) is 0 Å². The normalized spacial score (nSPS) is 11.1. The molecule has 0 radical (unpaired) electrons. The number of fused-ring (bicyclic) bond motifs is 1. The number of aryl methyl sites for hydroxylation is 1. The van der Waals surface area contributed by atoms with Gasteiger partial charge >= 0.3 is 0 Å². The number of hydrogen-bond acceptors (Lipinski definition) is 3. The molecule has 3 rings (SSSR count). The van der Waals surface area contributed by atoms with E-state index in [-0.39, 0.29) is 5.56 Å². The van der Waals surface area contributed by atoms with Gasteiger partial charge in [0.05, 0.1) is 18.9 Å². The van der Waals surface area contributed by atoms with Crippen LogP contribution >= 0.6 is 0 Å². The molecule has 4 nitrogen and oxygen atoms in total. The number of methoxy groups -OCH3 is 2. The summed E-state index contributed by atoms with van der Waals surface area (Å²) < 4.78 is 12.5. The van der Waals surface area contributed by atoms with Gasteiger partial charge in [0.25, 0.3) is 5.56 Å². The average Bonchev–Trinajstić information content (AvgIpc) is 2.60. The van der Waals surface area contributed by atoms with Crippen molar-refractivity contribution in [2.24, 2.45) is 0 Å². The second kappa shape index (κ2) is 6.99. The smallest absolute Gasteiger partial charge is 0.263 e. The minimum absolute atomic E-state index is 0.0404. The summed E-state index contributed by atoms with van der Waals surface area (Å²) in [5, 5.41) is 1.60. The zero-order valence-corrected chi connectivity index (χ0v) is 14.2. The van der Waals surface area contributed by atoms with E-state index >= 15 is 0 Å². The van der Waals surface area contributed by atoms with Crippen molar-refractivity contribution < 1.29 is 9.47 Å². The standard InChI is InChI=1S/C20H21NO3/c1-14-8-10-15(11-9-14)21-19(13-24-3)18(12-23-2)16-6-4-5-7-17(16)20(21)22/h4-11H,12-13H2,1-3H3. The van der Waals surface area contributed by atoms with Crippen molar-refractivity contribution in [3.63, 3.8) is 0 Å². The molecule has 24 heavy (non-hydrogen) atoms. The molecule has 1 aromatic heterocycles. The van der Waals surface area contributed by atoms with Crippen molar-refractivity contribution in [2.45, 2.75) is 20.1 Å². The first-order valence-electron chi connectivity index (χ1n) is 7.87. The van der Waals surface area contributed by atoms with Crippen LogP contribution in [0.5, 0.6) is 0 Å². The summed E-state index contributed by atoms with van der Waals surface area (Å²) in [7, 11) is 3.29. The lowest BCUT2D eigenvalue weighted by atomic mass is 10.0. The van der Waals surface area contributed by atoms with Crippen LogP contribution in [-0.4, -0.2) is 18.8 Å². The molecule has 1 heterocycles. The highest BCUT2D eigenvalue weighted by molar-refractivity contribution is 5.86. The van der Waals surface area contributed by atoms with E-state index in [2.05, 4.69) is 0 Å². The molecule has 0 atom stereocenters. The Morgan fingerprint density at radius 2 is 1.50 bits per heavy atom. The second-order valence-electron chi connectivity index (χ2n) is 5.81. The van der Waals surface area contributed by atoms with Crippen molar-refractivity contribution in [3.05, 3.63) is 75.7 Å². The van der Waals surface area contributed by atoms with Crippen LogP contribution < -0.4 is 5.56 Å². The van der Waals surface area contributed by atoms with Crippen LogP contribution in [0.4, 0.5) is 0 Å². The Morgan fingerprint density at radius 3 is 2.12 bits per heavy atom. The number of ether oxygens (including phenoxy) is 2. The van der Waals surface area contributed by atoms with Gasteiger partial charge in [-0.25, -0.2) is 0 Å². The lowest BCUT2D eigenvalue weighted by Gasteiger charge is -2.19. The number of pyridine rings is 1. The Kier molecular flexibility index (Phi) is 4.79. The quantitative estimate of drug-likeness (QED) is 0.720. The van der Waals surface area contributed by atoms with E-state index in [9.17, 15) is 4.79 Å². The van der Waals surface area contributed by atoms with Crippen LogP contribution in [0.15, 0.2) is 53.3 Å². The second-order valence-corrected chi connectivity index (χ2v) is 5.81. The minimum Gasteiger partial charge on any atom is -0.380 e. The molecule has 0 aliphatic rings. The average molecular weight is 323 g/mol. The molecule has 4 heteroatoms. The Balaban J connectivity index is 2.41. The minimum atomic E-state index is -0.0404. The molecule has 0 aliphatic heterocycles. The maximum absolute atomic E-state index is 13.1. The molecule has 0 saturated carbocycles. The van der Waals surface area contributed by atoms with Crippen molar-refractivity contribution >= 4 is 10.8 Å². The number of benzene rings is 2. The SMILES string of the molecule is COCc1c(COC)n(-c2ccc(C)cc2)c(=O)c2ccccc12. The summed E-state index contributed by atoms with van der Waals surface area (Å²) in [4.78, 5) is 13.1. The fraction of sp³-hybridized carbons (Fsp3) is 0.250. The maximum Gasteiger partial charge on any atom is 0.263 e. The number of rotatable bonds is 5. The predicted molar refractivity (Wildman–Crippen MR) is 95.7 cm³/mol. The van der Waals surface area contributed by atoms with E-state index in [1.165, 1.54) is 0 Å². The van der Waals surface area contributed by atoms with Gasteiger partial charge in [0.2, 0.25) is 0 Å². The number of hydrogen-bond donors (Lipinski definition) is 0. The Labute approximate surface area is 141 Å². The highest BCUT2D eigenvalue weighted by Crippen LogP contribution is 2.24. The van der Waals surface area contributed by atoms with E-state index in [1.807, 2.05) is 55.5 Å². The third-order valence-corrected chi connectivity index (χ3v) is 4.17. The van der Waals surface area contributed by atoms with E-state index in [1.54, 1.807) is 18.8 Å². The molecule has 0 N–H and O–H groups in total. The zero-order valence-electron chi connectivity index (χ0n) is 14.2. The molecule has 0 amide bonds. The van der Waals surface area contributed by atoms with Gasteiger partial charge in [-0.15, -0.1) is 0 Å². The van der Waals surface area contributed by atoms with Gasteiger partial charge in [-0.1, -0.05) is 35.9 Å². The fourth-order valence-electron chi connectivity index (χ4n) is 3.03. The van der Waals surface area contributed by atoms with Gasteiger partial charge in [-0.2, -0.15) is 0 Å². The largest absolute Gasteiger partial charge is 0.380 e. The molecule has 2 aromatic carbocycles. The molecule has 0 fully saturated rings. The highest BCUT2D eigenvalue weighted by Gasteiger charge is 2.17. The van der Waals surface area contributed by atoms with Crippen LogP contribution in [0, 0.1) is 6.92 Å². The first kappa shape index (κ1) is 16.4. The Hall–Kier alpha value is -2.43. The molecule has 0 saturated heterocycles. The van der Waals surface area contributed by atoms with Crippen molar-refractivity contribution in [1.82, 2.24) is 4.57 Å². The molecule has 124 valence electrons. The lowest BCUT2D eigenvalue weighted by molar-refractivity contribution is 0.164. The summed E-state index contributed by atoms with van der Waals surface area (Å²) in [5.74, 6) is 0. The molecule has 3 aromatic rings. The van der Waals surface area contributed by atoms with Crippen molar-refractivity contribution in [3.8, 4) is 5.69 Å². The van der Waals surface area contributed by atoms with Gasteiger partial charge < -0.3 is 9.47 Å². The monoisotopic (exact) mass is 323 g/mol. The van der Waals surface area contributed by atoms with Gasteiger partial charge in [0, 0.05) is 30.9 Å². The summed E-state index contributed by atoms with van der Waals surface area (Å²) in [6, 6.07) is 15.6. The van der Waals surface area contributed by atoms with Crippen LogP contribution in [0.1, 0.15) is 16.8 Å². The fourth-order valence-corrected chi connectivity index (χ4v) is 3.03. The van der Waals surface area contributed by atoms with Gasteiger partial charge in [0.1, 0.15) is 0 Å². The topological polar surface area (TPSA) is 40.5 Å². The highest BCUT2D eigenvalue weighted by atomic mass is 16.5. The predicted octanol–water partition coefficient (Wildman–Crippen LogP) is 3.59. The maximum atomic E-state index is 13.1. The van der Waals surface area contributed by atoms with Crippen LogP contribution in [0.25, 0.3) is 16.5 Å². The van der Waals surface area contributed by atoms with Gasteiger partial charge in [-0.3, -0.25) is 9.36 Å². The zero-order chi connectivity index (χ0) is 17.1. The molecule has 0 aliphatic carbocycles. The number of aromatic nitrogens is 1. The van der Waals surface area contributed by atoms with Crippen LogP contribution in [0.3, 0.4) is 0 Å². The summed E-state index contributed by atoms with van der Waals surface area (Å²) >= 11 is 0. The van der Waals surface area contributed by atoms with Crippen LogP contribution in [-0.2, 0) is 22.7 Å². The van der Waals surface area contributed by atoms with Crippen molar-refractivity contribution in [2.75, 3.05) is 14.2 Å². The van der Waals surface area contributed by atoms with E-state index < -0.39 is 0 Å². The number of nitrogens with zero attached hydrogens (tertiary/aromatic N) is 1. The first-order valence-corrected chi connectivity index (χ1v) is 7.87. The third-order valence-electron chi connectivity index (χ3n) is 4.17. The molecule has 0 bridgehead atoms. The summed E-state index contributed by atoms with van der Waals surface area (Å²) in [6.45, 7) is 2.79. The van der Waals surface area contributed by atoms with Gasteiger partial charge in [-0.05, 0) is 30.5 Å². The Morgan fingerprint density at radius 1 is 0.875 bits per heavy atom. The molecular weight excluding hydrogens is 302 g/mol. The summed E-state index contributed by atoms with van der Waals surface area (Å²) in [5.41, 5.74) is 3.75. The van der Waals surface area contributed by atoms with Crippen molar-refractivity contribution in [1.29, 1.82) is 0 Å². The van der Waals surface area contributed by atoms with E-state index in [4.69, 9.17) is 9.47 Å². The third kappa shape index (κ3) is 2.86. The summed E-state index contributed by atoms with van der Waals surface area (Å²) in [6.07, 6.45) is 0. The molecule has 0 unspecified atom stereocenters. The lowest BCUT2D eigenvalue weighted by Crippen LogP contribution is -2.25. The van der Waals surface area contributed by atoms with Crippen LogP contribution in [0.2, 0.25) is 0 Å². The molecular formula is C20H21NO3. The van der Waals surface area contributed by atoms with E-state index in [0.29, 0.717) is 18.6 Å². The first-order chi connectivity index (χ1) is 11.7.